The lowest BCUT2D eigenvalue weighted by atomic mass is 10.1. The fourth-order valence-corrected chi connectivity index (χ4v) is 3.66. The Morgan fingerprint density at radius 3 is 2.90 bits per heavy atom. The summed E-state index contributed by atoms with van der Waals surface area (Å²) in [6, 6.07) is 6.27. The number of hydrogen-bond acceptors (Lipinski definition) is 3. The topological polar surface area (TPSA) is 24.5 Å². The van der Waals surface area contributed by atoms with Crippen molar-refractivity contribution in [2.45, 2.75) is 50.3 Å². The second kappa shape index (κ2) is 5.58. The van der Waals surface area contributed by atoms with Gasteiger partial charge in [0, 0.05) is 37.2 Å². The summed E-state index contributed by atoms with van der Waals surface area (Å²) in [5, 5.41) is 3.59. The SMILES string of the molecule is Fc1ccc2c(c1)CC(CN(CC1CCCN1)C1CC1)O2. The molecule has 1 saturated carbocycles. The highest BCUT2D eigenvalue weighted by Crippen LogP contribution is 2.32. The molecule has 1 saturated heterocycles. The predicted octanol–water partition coefficient (Wildman–Crippen LogP) is 2.35. The molecule has 1 aliphatic carbocycles. The Labute approximate surface area is 125 Å². The number of rotatable bonds is 5. The Balaban J connectivity index is 1.38. The molecule has 0 radical (unpaired) electrons. The first kappa shape index (κ1) is 13.5. The van der Waals surface area contributed by atoms with E-state index in [4.69, 9.17) is 4.74 Å². The molecule has 4 heteroatoms. The van der Waals surface area contributed by atoms with E-state index in [0.29, 0.717) is 6.04 Å². The monoisotopic (exact) mass is 290 g/mol. The van der Waals surface area contributed by atoms with Crippen molar-refractivity contribution in [3.8, 4) is 5.75 Å². The van der Waals surface area contributed by atoms with Crippen molar-refractivity contribution < 1.29 is 9.13 Å². The summed E-state index contributed by atoms with van der Waals surface area (Å²) < 4.78 is 19.3. The van der Waals surface area contributed by atoms with Crippen molar-refractivity contribution in [3.63, 3.8) is 0 Å². The zero-order chi connectivity index (χ0) is 14.2. The molecule has 21 heavy (non-hydrogen) atoms. The van der Waals surface area contributed by atoms with Crippen LogP contribution in [0.4, 0.5) is 4.39 Å². The second-order valence-electron chi connectivity index (χ2n) is 6.67. The maximum atomic E-state index is 13.3. The van der Waals surface area contributed by atoms with Gasteiger partial charge >= 0.3 is 0 Å². The van der Waals surface area contributed by atoms with Crippen molar-refractivity contribution in [2.75, 3.05) is 19.6 Å². The Bertz CT molecular complexity index is 512. The number of benzene rings is 1. The van der Waals surface area contributed by atoms with Crippen molar-refractivity contribution in [1.29, 1.82) is 0 Å². The van der Waals surface area contributed by atoms with Gasteiger partial charge < -0.3 is 10.1 Å². The van der Waals surface area contributed by atoms with Crippen LogP contribution in [-0.4, -0.2) is 42.7 Å². The van der Waals surface area contributed by atoms with Gasteiger partial charge in [0.1, 0.15) is 17.7 Å². The lowest BCUT2D eigenvalue weighted by Crippen LogP contribution is -2.43. The highest BCUT2D eigenvalue weighted by Gasteiger charge is 2.34. The summed E-state index contributed by atoms with van der Waals surface area (Å²) >= 11 is 0. The molecule has 1 aromatic carbocycles. The van der Waals surface area contributed by atoms with Gasteiger partial charge in [-0.2, -0.15) is 0 Å². The minimum atomic E-state index is -0.160. The predicted molar refractivity (Wildman–Crippen MR) is 80.1 cm³/mol. The fraction of sp³-hybridized carbons (Fsp3) is 0.647. The number of nitrogens with one attached hydrogen (secondary N) is 1. The molecule has 1 aromatic rings. The maximum absolute atomic E-state index is 13.3. The van der Waals surface area contributed by atoms with Crippen LogP contribution in [0, 0.1) is 5.82 Å². The van der Waals surface area contributed by atoms with Crippen LogP contribution in [0.3, 0.4) is 0 Å². The minimum Gasteiger partial charge on any atom is -0.488 e. The van der Waals surface area contributed by atoms with Gasteiger partial charge in [0.25, 0.3) is 0 Å². The zero-order valence-electron chi connectivity index (χ0n) is 12.4. The smallest absolute Gasteiger partial charge is 0.123 e. The normalized spacial score (nSPS) is 27.9. The molecule has 1 N–H and O–H groups in total. The molecular formula is C17H23FN2O. The third kappa shape index (κ3) is 3.06. The standard InChI is InChI=1S/C17H23FN2O/c18-13-3-6-17-12(8-13)9-16(21-17)11-20(15-4-5-15)10-14-2-1-7-19-14/h3,6,8,14-16,19H,1-2,4-5,7,9-11H2. The Morgan fingerprint density at radius 1 is 1.24 bits per heavy atom. The van der Waals surface area contributed by atoms with E-state index in [9.17, 15) is 4.39 Å². The number of halogens is 1. The molecule has 114 valence electrons. The summed E-state index contributed by atoms with van der Waals surface area (Å²) in [6.07, 6.45) is 6.26. The number of hydrogen-bond donors (Lipinski definition) is 1. The van der Waals surface area contributed by atoms with Crippen LogP contribution in [-0.2, 0) is 6.42 Å². The van der Waals surface area contributed by atoms with E-state index >= 15 is 0 Å². The molecule has 2 fully saturated rings. The van der Waals surface area contributed by atoms with E-state index in [1.54, 1.807) is 12.1 Å². The lowest BCUT2D eigenvalue weighted by molar-refractivity contribution is 0.137. The summed E-state index contributed by atoms with van der Waals surface area (Å²) in [4.78, 5) is 2.59. The van der Waals surface area contributed by atoms with Crippen molar-refractivity contribution >= 4 is 0 Å². The highest BCUT2D eigenvalue weighted by atomic mass is 19.1. The Hall–Kier alpha value is -1.13. The van der Waals surface area contributed by atoms with Gasteiger partial charge in [-0.3, -0.25) is 4.90 Å². The molecule has 0 spiro atoms. The van der Waals surface area contributed by atoms with Crippen molar-refractivity contribution in [2.24, 2.45) is 0 Å². The summed E-state index contributed by atoms with van der Waals surface area (Å²) in [7, 11) is 0. The molecule has 3 aliphatic rings. The second-order valence-corrected chi connectivity index (χ2v) is 6.67. The highest BCUT2D eigenvalue weighted by molar-refractivity contribution is 5.38. The number of fused-ring (bicyclic) bond motifs is 1. The maximum Gasteiger partial charge on any atom is 0.123 e. The lowest BCUT2D eigenvalue weighted by Gasteiger charge is -2.27. The first-order valence-corrected chi connectivity index (χ1v) is 8.20. The molecular weight excluding hydrogens is 267 g/mol. The quantitative estimate of drug-likeness (QED) is 0.901. The van der Waals surface area contributed by atoms with Crippen LogP contribution < -0.4 is 10.1 Å². The summed E-state index contributed by atoms with van der Waals surface area (Å²) in [6.45, 7) is 3.27. The van der Waals surface area contributed by atoms with E-state index < -0.39 is 0 Å². The van der Waals surface area contributed by atoms with E-state index in [1.165, 1.54) is 31.7 Å². The first-order chi connectivity index (χ1) is 10.3. The van der Waals surface area contributed by atoms with Crippen molar-refractivity contribution in [3.05, 3.63) is 29.6 Å². The minimum absolute atomic E-state index is 0.160. The van der Waals surface area contributed by atoms with Gasteiger partial charge in [-0.1, -0.05) is 0 Å². The van der Waals surface area contributed by atoms with Gasteiger partial charge in [0.15, 0.2) is 0 Å². The van der Waals surface area contributed by atoms with Crippen LogP contribution in [0.25, 0.3) is 0 Å². The van der Waals surface area contributed by atoms with Crippen molar-refractivity contribution in [1.82, 2.24) is 10.2 Å². The van der Waals surface area contributed by atoms with Crippen LogP contribution in [0.15, 0.2) is 18.2 Å². The molecule has 2 atom stereocenters. The third-order valence-electron chi connectivity index (χ3n) is 4.88. The van der Waals surface area contributed by atoms with Crippen LogP contribution in [0.5, 0.6) is 5.75 Å². The van der Waals surface area contributed by atoms with Gasteiger partial charge in [0.2, 0.25) is 0 Å². The van der Waals surface area contributed by atoms with Gasteiger partial charge in [-0.15, -0.1) is 0 Å². The van der Waals surface area contributed by atoms with Crippen LogP contribution >= 0.6 is 0 Å². The fourth-order valence-electron chi connectivity index (χ4n) is 3.66. The molecule has 2 aliphatic heterocycles. The Morgan fingerprint density at radius 2 is 2.14 bits per heavy atom. The number of nitrogens with zero attached hydrogens (tertiary/aromatic N) is 1. The molecule has 0 aromatic heterocycles. The summed E-state index contributed by atoms with van der Waals surface area (Å²) in [5.74, 6) is 0.711. The molecule has 2 unspecified atom stereocenters. The average Bonchev–Trinajstić information content (AvgIpc) is 3.04. The molecule has 0 bridgehead atoms. The molecule has 0 amide bonds. The largest absolute Gasteiger partial charge is 0.488 e. The van der Waals surface area contributed by atoms with E-state index in [-0.39, 0.29) is 11.9 Å². The molecule has 2 heterocycles. The van der Waals surface area contributed by atoms with Crippen LogP contribution in [0.2, 0.25) is 0 Å². The molecule has 4 rings (SSSR count). The number of ether oxygens (including phenoxy) is 1. The van der Waals surface area contributed by atoms with E-state index in [0.717, 1.165) is 43.4 Å². The Kier molecular flexibility index (Phi) is 3.59. The zero-order valence-corrected chi connectivity index (χ0v) is 12.4. The van der Waals surface area contributed by atoms with E-state index in [1.807, 2.05) is 0 Å². The first-order valence-electron chi connectivity index (χ1n) is 8.20. The average molecular weight is 290 g/mol. The van der Waals surface area contributed by atoms with Gasteiger partial charge in [0.05, 0.1) is 0 Å². The van der Waals surface area contributed by atoms with Crippen LogP contribution in [0.1, 0.15) is 31.2 Å². The third-order valence-corrected chi connectivity index (χ3v) is 4.88. The van der Waals surface area contributed by atoms with Gasteiger partial charge in [-0.25, -0.2) is 4.39 Å². The molecule has 3 nitrogen and oxygen atoms in total. The van der Waals surface area contributed by atoms with Gasteiger partial charge in [-0.05, 0) is 50.4 Å². The van der Waals surface area contributed by atoms with E-state index in [2.05, 4.69) is 10.2 Å². The summed E-state index contributed by atoms with van der Waals surface area (Å²) in [5.41, 5.74) is 1.02.